The highest BCUT2D eigenvalue weighted by Gasteiger charge is 2.20. The SMILES string of the molecule is COC(=O)c1cc(CN[C@H](C)[C@H]2CCCOC2)cs1. The molecule has 0 saturated carbocycles. The molecule has 0 spiro atoms. The van der Waals surface area contributed by atoms with Gasteiger partial charge in [0.25, 0.3) is 0 Å². The first-order valence-corrected chi connectivity index (χ1v) is 7.55. The molecule has 1 N–H and O–H groups in total. The van der Waals surface area contributed by atoms with Crippen LogP contribution in [-0.4, -0.2) is 32.3 Å². The molecule has 1 saturated heterocycles. The Morgan fingerprint density at radius 1 is 1.68 bits per heavy atom. The summed E-state index contributed by atoms with van der Waals surface area (Å²) in [5.41, 5.74) is 1.13. The van der Waals surface area contributed by atoms with E-state index in [9.17, 15) is 4.79 Å². The van der Waals surface area contributed by atoms with Gasteiger partial charge in [-0.05, 0) is 42.7 Å². The third-order valence-electron chi connectivity index (χ3n) is 3.57. The van der Waals surface area contributed by atoms with Gasteiger partial charge in [-0.15, -0.1) is 11.3 Å². The van der Waals surface area contributed by atoms with Crippen molar-refractivity contribution in [1.29, 1.82) is 0 Å². The fourth-order valence-corrected chi connectivity index (χ4v) is 3.11. The van der Waals surface area contributed by atoms with Gasteiger partial charge in [-0.25, -0.2) is 4.79 Å². The molecule has 1 aliphatic heterocycles. The van der Waals surface area contributed by atoms with Crippen molar-refractivity contribution in [2.75, 3.05) is 20.3 Å². The lowest BCUT2D eigenvalue weighted by Gasteiger charge is -2.28. The van der Waals surface area contributed by atoms with Crippen LogP contribution in [0.4, 0.5) is 0 Å². The average Bonchev–Trinajstić information content (AvgIpc) is 2.93. The number of hydrogen-bond donors (Lipinski definition) is 1. The molecule has 19 heavy (non-hydrogen) atoms. The van der Waals surface area contributed by atoms with Gasteiger partial charge in [0.05, 0.1) is 13.7 Å². The predicted octanol–water partition coefficient (Wildman–Crippen LogP) is 2.44. The lowest BCUT2D eigenvalue weighted by atomic mass is 9.95. The lowest BCUT2D eigenvalue weighted by molar-refractivity contribution is 0.0417. The van der Waals surface area contributed by atoms with Gasteiger partial charge in [-0.2, -0.15) is 0 Å². The number of hydrogen-bond acceptors (Lipinski definition) is 5. The van der Waals surface area contributed by atoms with E-state index in [1.165, 1.54) is 24.9 Å². The van der Waals surface area contributed by atoms with Crippen molar-refractivity contribution in [3.8, 4) is 0 Å². The van der Waals surface area contributed by atoms with Crippen molar-refractivity contribution in [3.63, 3.8) is 0 Å². The van der Waals surface area contributed by atoms with Gasteiger partial charge in [-0.1, -0.05) is 0 Å². The minimum atomic E-state index is -0.259. The standard InChI is InChI=1S/C14H21NO3S/c1-10(12-4-3-5-18-8-12)15-7-11-6-13(19-9-11)14(16)17-2/h6,9-10,12,15H,3-5,7-8H2,1-2H3/t10-,12+/m1/s1. The fourth-order valence-electron chi connectivity index (χ4n) is 2.28. The van der Waals surface area contributed by atoms with Crippen molar-refractivity contribution in [2.24, 2.45) is 5.92 Å². The molecule has 5 heteroatoms. The Kier molecular flexibility index (Phi) is 5.36. The Hall–Kier alpha value is -0.910. The number of methoxy groups -OCH3 is 1. The Labute approximate surface area is 118 Å². The Morgan fingerprint density at radius 2 is 2.53 bits per heavy atom. The largest absolute Gasteiger partial charge is 0.465 e. The van der Waals surface area contributed by atoms with Crippen molar-refractivity contribution in [2.45, 2.75) is 32.4 Å². The molecule has 1 aliphatic rings. The zero-order valence-corrected chi connectivity index (χ0v) is 12.3. The van der Waals surface area contributed by atoms with Crippen LogP contribution in [0, 0.1) is 5.92 Å². The van der Waals surface area contributed by atoms with E-state index in [0.29, 0.717) is 16.8 Å². The smallest absolute Gasteiger partial charge is 0.348 e. The molecule has 0 bridgehead atoms. The normalized spacial score (nSPS) is 21.1. The summed E-state index contributed by atoms with van der Waals surface area (Å²) in [5, 5.41) is 5.52. The summed E-state index contributed by atoms with van der Waals surface area (Å²) in [6.45, 7) is 4.74. The summed E-state index contributed by atoms with van der Waals surface area (Å²) in [4.78, 5) is 12.0. The van der Waals surface area contributed by atoms with Crippen LogP contribution in [0.2, 0.25) is 0 Å². The zero-order chi connectivity index (χ0) is 13.7. The molecular formula is C14H21NO3S. The predicted molar refractivity (Wildman–Crippen MR) is 75.5 cm³/mol. The maximum absolute atomic E-state index is 11.4. The molecule has 0 aromatic carbocycles. The van der Waals surface area contributed by atoms with Crippen LogP contribution in [0.15, 0.2) is 11.4 Å². The molecule has 1 aromatic heterocycles. The highest BCUT2D eigenvalue weighted by Crippen LogP contribution is 2.19. The van der Waals surface area contributed by atoms with Crippen LogP contribution in [0.1, 0.15) is 35.0 Å². The molecule has 2 atom stereocenters. The summed E-state index contributed by atoms with van der Waals surface area (Å²) in [6.07, 6.45) is 2.38. The quantitative estimate of drug-likeness (QED) is 0.843. The Bertz CT molecular complexity index is 413. The van der Waals surface area contributed by atoms with Crippen LogP contribution < -0.4 is 5.32 Å². The third-order valence-corrected chi connectivity index (χ3v) is 4.53. The molecule has 106 valence electrons. The summed E-state index contributed by atoms with van der Waals surface area (Å²) in [6, 6.07) is 2.33. The van der Waals surface area contributed by atoms with Crippen LogP contribution in [0.25, 0.3) is 0 Å². The van der Waals surface area contributed by atoms with Crippen LogP contribution in [0.5, 0.6) is 0 Å². The Balaban J connectivity index is 1.81. The summed E-state index contributed by atoms with van der Waals surface area (Å²) < 4.78 is 10.2. The van der Waals surface area contributed by atoms with Gasteiger partial charge < -0.3 is 14.8 Å². The average molecular weight is 283 g/mol. The van der Waals surface area contributed by atoms with Crippen LogP contribution >= 0.6 is 11.3 Å². The second-order valence-electron chi connectivity index (χ2n) is 4.96. The third kappa shape index (κ3) is 4.03. The van der Waals surface area contributed by atoms with Crippen molar-refractivity contribution >= 4 is 17.3 Å². The van der Waals surface area contributed by atoms with Gasteiger partial charge >= 0.3 is 5.97 Å². The molecule has 0 unspecified atom stereocenters. The maximum Gasteiger partial charge on any atom is 0.348 e. The van der Waals surface area contributed by atoms with Crippen molar-refractivity contribution in [1.82, 2.24) is 5.32 Å². The minimum absolute atomic E-state index is 0.259. The Morgan fingerprint density at radius 3 is 3.21 bits per heavy atom. The molecule has 0 amide bonds. The first-order chi connectivity index (χ1) is 9.20. The second-order valence-corrected chi connectivity index (χ2v) is 5.87. The number of carbonyl (C=O) groups is 1. The van der Waals surface area contributed by atoms with E-state index in [-0.39, 0.29) is 5.97 Å². The molecule has 0 aliphatic carbocycles. The topological polar surface area (TPSA) is 47.6 Å². The monoisotopic (exact) mass is 283 g/mol. The van der Waals surface area contributed by atoms with E-state index in [1.54, 1.807) is 0 Å². The van der Waals surface area contributed by atoms with E-state index in [1.807, 2.05) is 11.4 Å². The number of nitrogens with one attached hydrogen (secondary N) is 1. The summed E-state index contributed by atoms with van der Waals surface area (Å²) in [7, 11) is 1.41. The van der Waals surface area contributed by atoms with E-state index in [2.05, 4.69) is 12.2 Å². The highest BCUT2D eigenvalue weighted by atomic mass is 32.1. The zero-order valence-electron chi connectivity index (χ0n) is 11.5. The molecule has 1 fully saturated rings. The highest BCUT2D eigenvalue weighted by molar-refractivity contribution is 7.12. The molecule has 1 aromatic rings. The van der Waals surface area contributed by atoms with Gasteiger partial charge in [0.15, 0.2) is 0 Å². The van der Waals surface area contributed by atoms with Crippen molar-refractivity contribution in [3.05, 3.63) is 21.9 Å². The van der Waals surface area contributed by atoms with Crippen molar-refractivity contribution < 1.29 is 14.3 Å². The first-order valence-electron chi connectivity index (χ1n) is 6.67. The van der Waals surface area contributed by atoms with Gasteiger partial charge in [0.1, 0.15) is 4.88 Å². The van der Waals surface area contributed by atoms with E-state index in [0.717, 1.165) is 31.7 Å². The number of thiophene rings is 1. The number of esters is 1. The minimum Gasteiger partial charge on any atom is -0.465 e. The molecule has 4 nitrogen and oxygen atoms in total. The molecule has 2 rings (SSSR count). The second kappa shape index (κ2) is 7.03. The number of rotatable bonds is 5. The first kappa shape index (κ1) is 14.5. The number of ether oxygens (including phenoxy) is 2. The maximum atomic E-state index is 11.4. The number of carbonyl (C=O) groups excluding carboxylic acids is 1. The van der Waals surface area contributed by atoms with Gasteiger partial charge in [0, 0.05) is 19.2 Å². The van der Waals surface area contributed by atoms with Gasteiger partial charge in [0.2, 0.25) is 0 Å². The molecular weight excluding hydrogens is 262 g/mol. The van der Waals surface area contributed by atoms with E-state index in [4.69, 9.17) is 9.47 Å². The van der Waals surface area contributed by atoms with E-state index >= 15 is 0 Å². The summed E-state index contributed by atoms with van der Waals surface area (Å²) in [5.74, 6) is 0.331. The van der Waals surface area contributed by atoms with E-state index < -0.39 is 0 Å². The van der Waals surface area contributed by atoms with Gasteiger partial charge in [-0.3, -0.25) is 0 Å². The molecule has 2 heterocycles. The summed E-state index contributed by atoms with van der Waals surface area (Å²) >= 11 is 1.43. The van der Waals surface area contributed by atoms with Crippen LogP contribution in [-0.2, 0) is 16.0 Å². The van der Waals surface area contributed by atoms with Crippen LogP contribution in [0.3, 0.4) is 0 Å². The lowest BCUT2D eigenvalue weighted by Crippen LogP contribution is -2.37. The fraction of sp³-hybridized carbons (Fsp3) is 0.643. The molecule has 0 radical (unpaired) electrons.